The topological polar surface area (TPSA) is 58.6 Å². The van der Waals surface area contributed by atoms with E-state index in [4.69, 9.17) is 4.74 Å². The molecule has 0 aliphatic heterocycles. The van der Waals surface area contributed by atoms with Gasteiger partial charge in [0.1, 0.15) is 6.61 Å². The van der Waals surface area contributed by atoms with Gasteiger partial charge in [0.15, 0.2) is 0 Å². The highest BCUT2D eigenvalue weighted by molar-refractivity contribution is 5.68. The summed E-state index contributed by atoms with van der Waals surface area (Å²) >= 11 is 0. The number of benzene rings is 2. The number of hydrogen-bond donors (Lipinski definition) is 2. The second kappa shape index (κ2) is 7.92. The number of aliphatic hydroxyl groups is 1. The van der Waals surface area contributed by atoms with Crippen molar-refractivity contribution < 1.29 is 14.6 Å². The van der Waals surface area contributed by atoms with E-state index in [0.29, 0.717) is 5.92 Å². The number of ether oxygens (including phenoxy) is 1. The van der Waals surface area contributed by atoms with E-state index in [9.17, 15) is 9.90 Å². The quantitative estimate of drug-likeness (QED) is 0.780. The van der Waals surface area contributed by atoms with Gasteiger partial charge in [0, 0.05) is 6.61 Å². The van der Waals surface area contributed by atoms with E-state index in [0.717, 1.165) is 17.5 Å². The van der Waals surface area contributed by atoms with Crippen molar-refractivity contribution in [3.8, 4) is 0 Å². The summed E-state index contributed by atoms with van der Waals surface area (Å²) in [6, 6.07) is 19.5. The minimum atomic E-state index is -0.411. The van der Waals surface area contributed by atoms with Crippen LogP contribution in [0.4, 0.5) is 4.79 Å². The number of nitrogens with one attached hydrogen (secondary N) is 1. The van der Waals surface area contributed by atoms with E-state index < -0.39 is 6.09 Å². The monoisotopic (exact) mass is 353 g/mol. The molecule has 2 aromatic carbocycles. The van der Waals surface area contributed by atoms with Crippen molar-refractivity contribution >= 4 is 6.09 Å². The molecule has 1 saturated carbocycles. The lowest BCUT2D eigenvalue weighted by Gasteiger charge is -2.27. The first-order chi connectivity index (χ1) is 12.5. The molecule has 4 nitrogen and oxygen atoms in total. The summed E-state index contributed by atoms with van der Waals surface area (Å²) in [5.41, 5.74) is 1.96. The third-order valence-electron chi connectivity index (χ3n) is 5.59. The lowest BCUT2D eigenvalue weighted by atomic mass is 9.86. The molecule has 26 heavy (non-hydrogen) atoms. The SMILES string of the molecule is C[C@@H](CO)[C@@H]1C[C@@]1(C)[C@@H](NC(=O)OCc1ccccc1)c1ccccc1. The normalized spacial score (nSPS) is 23.7. The Bertz CT molecular complexity index is 719. The van der Waals surface area contributed by atoms with Gasteiger partial charge in [-0.1, -0.05) is 74.5 Å². The number of aliphatic hydroxyl groups excluding tert-OH is 1. The van der Waals surface area contributed by atoms with Gasteiger partial charge in [-0.05, 0) is 34.8 Å². The Labute approximate surface area is 155 Å². The molecule has 1 aliphatic rings. The van der Waals surface area contributed by atoms with Crippen molar-refractivity contribution in [1.82, 2.24) is 5.32 Å². The first-order valence-electron chi connectivity index (χ1n) is 9.17. The van der Waals surface area contributed by atoms with Crippen LogP contribution in [0.25, 0.3) is 0 Å². The minimum absolute atomic E-state index is 0.0741. The highest BCUT2D eigenvalue weighted by atomic mass is 16.5. The average molecular weight is 353 g/mol. The maximum absolute atomic E-state index is 12.4. The van der Waals surface area contributed by atoms with Crippen LogP contribution in [0.1, 0.15) is 37.4 Å². The van der Waals surface area contributed by atoms with Crippen LogP contribution in [0.5, 0.6) is 0 Å². The van der Waals surface area contributed by atoms with Gasteiger partial charge in [-0.3, -0.25) is 0 Å². The molecule has 4 heteroatoms. The number of alkyl carbamates (subject to hydrolysis) is 1. The lowest BCUT2D eigenvalue weighted by molar-refractivity contribution is 0.127. The Morgan fingerprint density at radius 3 is 2.42 bits per heavy atom. The maximum atomic E-state index is 12.4. The van der Waals surface area contributed by atoms with Crippen molar-refractivity contribution in [2.45, 2.75) is 32.9 Å². The van der Waals surface area contributed by atoms with Crippen molar-refractivity contribution in [2.75, 3.05) is 6.61 Å². The second-order valence-corrected chi connectivity index (χ2v) is 7.53. The fourth-order valence-electron chi connectivity index (χ4n) is 3.88. The van der Waals surface area contributed by atoms with Crippen molar-refractivity contribution in [3.05, 3.63) is 71.8 Å². The summed E-state index contributed by atoms with van der Waals surface area (Å²) in [5.74, 6) is 0.598. The zero-order chi connectivity index (χ0) is 18.6. The molecule has 1 fully saturated rings. The van der Waals surface area contributed by atoms with Crippen molar-refractivity contribution in [3.63, 3.8) is 0 Å². The summed E-state index contributed by atoms with van der Waals surface area (Å²) in [6.45, 7) is 4.66. The average Bonchev–Trinajstić information content (AvgIpc) is 3.38. The fourth-order valence-corrected chi connectivity index (χ4v) is 3.88. The summed E-state index contributed by atoms with van der Waals surface area (Å²) < 4.78 is 5.43. The zero-order valence-corrected chi connectivity index (χ0v) is 15.4. The second-order valence-electron chi connectivity index (χ2n) is 7.53. The molecule has 0 bridgehead atoms. The van der Waals surface area contributed by atoms with E-state index in [1.807, 2.05) is 60.7 Å². The van der Waals surface area contributed by atoms with Gasteiger partial charge in [-0.25, -0.2) is 4.79 Å². The molecule has 1 amide bonds. The molecule has 2 aromatic rings. The summed E-state index contributed by atoms with van der Waals surface area (Å²) in [7, 11) is 0. The molecule has 0 unspecified atom stereocenters. The highest BCUT2D eigenvalue weighted by Crippen LogP contribution is 2.62. The Hall–Kier alpha value is -2.33. The van der Waals surface area contributed by atoms with E-state index in [2.05, 4.69) is 19.2 Å². The summed E-state index contributed by atoms with van der Waals surface area (Å²) in [6.07, 6.45) is 0.569. The number of carbonyl (C=O) groups excluding carboxylic acids is 1. The molecule has 4 atom stereocenters. The molecule has 3 rings (SSSR count). The third-order valence-corrected chi connectivity index (χ3v) is 5.59. The van der Waals surface area contributed by atoms with Gasteiger partial charge < -0.3 is 15.2 Å². The van der Waals surface area contributed by atoms with Crippen LogP contribution >= 0.6 is 0 Å². The predicted molar refractivity (Wildman–Crippen MR) is 101 cm³/mol. The van der Waals surface area contributed by atoms with Gasteiger partial charge in [0.2, 0.25) is 0 Å². The predicted octanol–water partition coefficient (Wildman–Crippen LogP) is 4.31. The van der Waals surface area contributed by atoms with Gasteiger partial charge in [-0.2, -0.15) is 0 Å². The largest absolute Gasteiger partial charge is 0.445 e. The Morgan fingerprint density at radius 2 is 1.81 bits per heavy atom. The van der Waals surface area contributed by atoms with E-state index in [1.54, 1.807) is 0 Å². The summed E-state index contributed by atoms with van der Waals surface area (Å²) in [4.78, 5) is 12.4. The van der Waals surface area contributed by atoms with Gasteiger partial charge >= 0.3 is 6.09 Å². The third kappa shape index (κ3) is 4.07. The number of amides is 1. The minimum Gasteiger partial charge on any atom is -0.445 e. The molecule has 0 saturated heterocycles. The summed E-state index contributed by atoms with van der Waals surface area (Å²) in [5, 5.41) is 12.6. The molecule has 0 radical (unpaired) electrons. The van der Waals surface area contributed by atoms with Crippen LogP contribution in [0.15, 0.2) is 60.7 Å². The molecule has 0 aromatic heterocycles. The molecule has 0 heterocycles. The first kappa shape index (κ1) is 18.5. The molecule has 2 N–H and O–H groups in total. The molecule has 138 valence electrons. The van der Waals surface area contributed by atoms with Crippen LogP contribution < -0.4 is 5.32 Å². The molecular formula is C22H27NO3. The van der Waals surface area contributed by atoms with Gasteiger partial charge in [0.05, 0.1) is 6.04 Å². The lowest BCUT2D eigenvalue weighted by Crippen LogP contribution is -2.35. The molecule has 0 spiro atoms. The first-order valence-corrected chi connectivity index (χ1v) is 9.17. The van der Waals surface area contributed by atoms with Crippen LogP contribution in [-0.2, 0) is 11.3 Å². The molecule has 1 aliphatic carbocycles. The smallest absolute Gasteiger partial charge is 0.407 e. The van der Waals surface area contributed by atoms with Gasteiger partial charge in [-0.15, -0.1) is 0 Å². The van der Waals surface area contributed by atoms with Crippen LogP contribution in [0.3, 0.4) is 0 Å². The van der Waals surface area contributed by atoms with Crippen molar-refractivity contribution in [2.24, 2.45) is 17.3 Å². The molecular weight excluding hydrogens is 326 g/mol. The number of rotatable bonds is 7. The van der Waals surface area contributed by atoms with E-state index in [1.165, 1.54) is 0 Å². The number of hydrogen-bond acceptors (Lipinski definition) is 3. The number of carbonyl (C=O) groups is 1. The Kier molecular flexibility index (Phi) is 5.62. The Morgan fingerprint density at radius 1 is 1.19 bits per heavy atom. The maximum Gasteiger partial charge on any atom is 0.407 e. The standard InChI is InChI=1S/C22H27NO3/c1-16(14-24)19-13-22(19,2)20(18-11-7-4-8-12-18)23-21(25)26-15-17-9-5-3-6-10-17/h3-12,16,19-20,24H,13-15H2,1-2H3,(H,23,25)/t16-,19-,20-,22+/m0/s1. The fraction of sp³-hybridized carbons (Fsp3) is 0.409. The van der Waals surface area contributed by atoms with Crippen LogP contribution in [0.2, 0.25) is 0 Å². The van der Waals surface area contributed by atoms with E-state index in [-0.39, 0.29) is 30.6 Å². The van der Waals surface area contributed by atoms with Crippen molar-refractivity contribution in [1.29, 1.82) is 0 Å². The van der Waals surface area contributed by atoms with Crippen LogP contribution in [-0.4, -0.2) is 17.8 Å². The van der Waals surface area contributed by atoms with Gasteiger partial charge in [0.25, 0.3) is 0 Å². The van der Waals surface area contributed by atoms with E-state index >= 15 is 0 Å². The zero-order valence-electron chi connectivity index (χ0n) is 15.4. The Balaban J connectivity index is 1.70. The highest BCUT2D eigenvalue weighted by Gasteiger charge is 2.57. The van der Waals surface area contributed by atoms with Crippen LogP contribution in [0, 0.1) is 17.3 Å².